The van der Waals surface area contributed by atoms with Crippen LogP contribution < -0.4 is 5.32 Å². The quantitative estimate of drug-likeness (QED) is 0.846. The highest BCUT2D eigenvalue weighted by atomic mass is 35.5. The molecule has 0 aromatic heterocycles. The maximum absolute atomic E-state index is 13.0. The van der Waals surface area contributed by atoms with E-state index >= 15 is 0 Å². The van der Waals surface area contributed by atoms with Crippen LogP contribution in [0, 0.1) is 5.82 Å². The van der Waals surface area contributed by atoms with Gasteiger partial charge in [-0.3, -0.25) is 0 Å². The molecule has 0 unspecified atom stereocenters. The van der Waals surface area contributed by atoms with Crippen LogP contribution >= 0.6 is 11.6 Å². The molecule has 1 aliphatic carbocycles. The molecular formula is C13H17ClFN. The molecule has 1 fully saturated rings. The lowest BCUT2D eigenvalue weighted by Gasteiger charge is -2.25. The van der Waals surface area contributed by atoms with Crippen molar-refractivity contribution in [3.05, 3.63) is 34.6 Å². The fourth-order valence-corrected chi connectivity index (χ4v) is 2.50. The van der Waals surface area contributed by atoms with Gasteiger partial charge in [0.2, 0.25) is 0 Å². The Morgan fingerprint density at radius 2 is 2.06 bits per heavy atom. The van der Waals surface area contributed by atoms with Crippen LogP contribution in [0.25, 0.3) is 0 Å². The molecule has 88 valence electrons. The molecule has 16 heavy (non-hydrogen) atoms. The van der Waals surface area contributed by atoms with Crippen molar-refractivity contribution in [2.45, 2.75) is 44.7 Å². The fraction of sp³-hybridized carbons (Fsp3) is 0.538. The van der Waals surface area contributed by atoms with E-state index in [4.69, 9.17) is 11.6 Å². The summed E-state index contributed by atoms with van der Waals surface area (Å²) in [4.78, 5) is 0. The Kier molecular flexibility index (Phi) is 3.50. The van der Waals surface area contributed by atoms with Crippen molar-refractivity contribution in [3.8, 4) is 0 Å². The van der Waals surface area contributed by atoms with Gasteiger partial charge in [0, 0.05) is 12.1 Å². The molecule has 0 spiro atoms. The minimum absolute atomic E-state index is 0.205. The second-order valence-corrected chi connectivity index (χ2v) is 5.28. The summed E-state index contributed by atoms with van der Waals surface area (Å²) in [6, 6.07) is 4.91. The first kappa shape index (κ1) is 11.9. The zero-order valence-corrected chi connectivity index (χ0v) is 10.3. The van der Waals surface area contributed by atoms with Crippen molar-refractivity contribution in [3.63, 3.8) is 0 Å². The molecule has 3 heteroatoms. The number of rotatable bonds is 3. The van der Waals surface area contributed by atoms with Crippen molar-refractivity contribution in [2.75, 3.05) is 0 Å². The van der Waals surface area contributed by atoms with Gasteiger partial charge in [-0.05, 0) is 37.5 Å². The van der Waals surface area contributed by atoms with E-state index in [1.807, 2.05) is 0 Å². The first-order valence-electron chi connectivity index (χ1n) is 5.78. The highest BCUT2D eigenvalue weighted by Gasteiger charge is 2.27. The second kappa shape index (κ2) is 4.72. The van der Waals surface area contributed by atoms with Crippen LogP contribution in [0.4, 0.5) is 4.39 Å². The second-order valence-electron chi connectivity index (χ2n) is 4.87. The minimum atomic E-state index is -0.350. The molecule has 1 saturated carbocycles. The monoisotopic (exact) mass is 241 g/mol. The van der Waals surface area contributed by atoms with E-state index in [2.05, 4.69) is 12.2 Å². The highest BCUT2D eigenvalue weighted by molar-refractivity contribution is 6.30. The topological polar surface area (TPSA) is 12.0 Å². The molecule has 0 saturated heterocycles. The maximum atomic E-state index is 13.0. The molecule has 0 radical (unpaired) electrons. The van der Waals surface area contributed by atoms with Crippen molar-refractivity contribution < 1.29 is 4.39 Å². The first-order chi connectivity index (χ1) is 7.59. The molecule has 1 aliphatic rings. The molecule has 0 heterocycles. The summed E-state index contributed by atoms with van der Waals surface area (Å²) in [6.07, 6.45) is 5.05. The number of nitrogens with one attached hydrogen (secondary N) is 1. The first-order valence-corrected chi connectivity index (χ1v) is 6.16. The lowest BCUT2D eigenvalue weighted by Crippen LogP contribution is -2.38. The summed E-state index contributed by atoms with van der Waals surface area (Å²) in [5, 5.41) is 3.74. The predicted molar refractivity (Wildman–Crippen MR) is 65.1 cm³/mol. The van der Waals surface area contributed by atoms with Gasteiger partial charge in [-0.2, -0.15) is 0 Å². The van der Waals surface area contributed by atoms with Gasteiger partial charge in [-0.15, -0.1) is 0 Å². The molecule has 0 aliphatic heterocycles. The molecular weight excluding hydrogens is 225 g/mol. The van der Waals surface area contributed by atoms with Crippen LogP contribution in [0.2, 0.25) is 5.02 Å². The van der Waals surface area contributed by atoms with Crippen LogP contribution in [-0.4, -0.2) is 5.54 Å². The van der Waals surface area contributed by atoms with E-state index in [0.717, 1.165) is 12.1 Å². The van der Waals surface area contributed by atoms with Crippen LogP contribution in [0.1, 0.15) is 38.2 Å². The van der Waals surface area contributed by atoms with Gasteiger partial charge in [-0.1, -0.05) is 30.5 Å². The van der Waals surface area contributed by atoms with Gasteiger partial charge in [-0.25, -0.2) is 4.39 Å². The molecule has 0 atom stereocenters. The smallest absolute Gasteiger partial charge is 0.141 e. The van der Waals surface area contributed by atoms with E-state index in [-0.39, 0.29) is 16.4 Å². The van der Waals surface area contributed by atoms with Crippen LogP contribution in [-0.2, 0) is 6.54 Å². The van der Waals surface area contributed by atoms with Crippen LogP contribution in [0.15, 0.2) is 18.2 Å². The van der Waals surface area contributed by atoms with E-state index in [1.165, 1.54) is 31.7 Å². The summed E-state index contributed by atoms with van der Waals surface area (Å²) < 4.78 is 13.0. The Morgan fingerprint density at radius 3 is 2.69 bits per heavy atom. The Morgan fingerprint density at radius 1 is 1.38 bits per heavy atom. The fourth-order valence-electron chi connectivity index (χ4n) is 2.30. The van der Waals surface area contributed by atoms with Crippen LogP contribution in [0.3, 0.4) is 0 Å². The van der Waals surface area contributed by atoms with Crippen molar-refractivity contribution in [1.29, 1.82) is 0 Å². The summed E-state index contributed by atoms with van der Waals surface area (Å²) in [5.41, 5.74) is 1.29. The summed E-state index contributed by atoms with van der Waals surface area (Å²) in [7, 11) is 0. The predicted octanol–water partition coefficient (Wildman–Crippen LogP) is 3.90. The number of hydrogen-bond acceptors (Lipinski definition) is 1. The van der Waals surface area contributed by atoms with Crippen molar-refractivity contribution >= 4 is 11.6 Å². The lowest BCUT2D eigenvalue weighted by atomic mass is 10.0. The molecule has 1 aromatic rings. The third-order valence-corrected chi connectivity index (χ3v) is 3.70. The number of hydrogen-bond donors (Lipinski definition) is 1. The minimum Gasteiger partial charge on any atom is -0.307 e. The number of benzene rings is 1. The van der Waals surface area contributed by atoms with Gasteiger partial charge in [0.15, 0.2) is 0 Å². The van der Waals surface area contributed by atoms with Gasteiger partial charge in [0.05, 0.1) is 5.02 Å². The van der Waals surface area contributed by atoms with E-state index in [9.17, 15) is 4.39 Å². The molecule has 0 bridgehead atoms. The normalized spacial score (nSPS) is 18.9. The average Bonchev–Trinajstić information content (AvgIpc) is 2.68. The van der Waals surface area contributed by atoms with Gasteiger partial charge >= 0.3 is 0 Å². The Bertz CT molecular complexity index is 372. The van der Waals surface area contributed by atoms with Gasteiger partial charge in [0.1, 0.15) is 5.82 Å². The third-order valence-electron chi connectivity index (χ3n) is 3.41. The van der Waals surface area contributed by atoms with Crippen molar-refractivity contribution in [2.24, 2.45) is 0 Å². The maximum Gasteiger partial charge on any atom is 0.141 e. The van der Waals surface area contributed by atoms with E-state index < -0.39 is 0 Å². The molecule has 1 nitrogen and oxygen atoms in total. The molecule has 1 aromatic carbocycles. The molecule has 0 amide bonds. The molecule has 1 N–H and O–H groups in total. The Labute approximate surface area is 101 Å². The van der Waals surface area contributed by atoms with Gasteiger partial charge in [0.25, 0.3) is 0 Å². The molecule has 2 rings (SSSR count). The summed E-state index contributed by atoms with van der Waals surface area (Å²) in [5.74, 6) is -0.350. The Hall–Kier alpha value is -0.600. The summed E-state index contributed by atoms with van der Waals surface area (Å²) in [6.45, 7) is 3.02. The zero-order chi connectivity index (χ0) is 11.6. The summed E-state index contributed by atoms with van der Waals surface area (Å²) >= 11 is 5.74. The Balaban J connectivity index is 1.96. The van der Waals surface area contributed by atoms with Crippen LogP contribution in [0.5, 0.6) is 0 Å². The number of halogens is 2. The third kappa shape index (κ3) is 2.74. The van der Waals surface area contributed by atoms with Crippen molar-refractivity contribution in [1.82, 2.24) is 5.32 Å². The zero-order valence-electron chi connectivity index (χ0n) is 9.52. The van der Waals surface area contributed by atoms with Gasteiger partial charge < -0.3 is 5.32 Å². The van der Waals surface area contributed by atoms with E-state index in [0.29, 0.717) is 0 Å². The highest BCUT2D eigenvalue weighted by Crippen LogP contribution is 2.29. The SMILES string of the molecule is CC1(NCc2ccc(F)c(Cl)c2)CCCC1. The lowest BCUT2D eigenvalue weighted by molar-refractivity contribution is 0.362. The largest absolute Gasteiger partial charge is 0.307 e. The standard InChI is InChI=1S/C13H17ClFN/c1-13(6-2-3-7-13)16-9-10-4-5-12(15)11(14)8-10/h4-5,8,16H,2-3,6-7,9H2,1H3. The average molecular weight is 242 g/mol. The van der Waals surface area contributed by atoms with E-state index in [1.54, 1.807) is 12.1 Å².